The number of aliphatic imine (C=N–C) groups is 1. The Morgan fingerprint density at radius 3 is 2.66 bits per heavy atom. The molecule has 0 saturated carbocycles. The lowest BCUT2D eigenvalue weighted by Gasteiger charge is -2.34. The van der Waals surface area contributed by atoms with E-state index in [2.05, 4.69) is 45.6 Å². The quantitative estimate of drug-likeness (QED) is 0.331. The fraction of sp³-hybridized carbons (Fsp3) is 0.810. The number of nitrogens with one attached hydrogen (secondary N) is 2. The monoisotopic (exact) mass is 517 g/mol. The van der Waals surface area contributed by atoms with Crippen LogP contribution in [0.25, 0.3) is 0 Å². The molecule has 3 heterocycles. The van der Waals surface area contributed by atoms with Gasteiger partial charge in [-0.3, -0.25) is 9.67 Å². The van der Waals surface area contributed by atoms with Crippen LogP contribution >= 0.6 is 24.0 Å². The van der Waals surface area contributed by atoms with Crippen molar-refractivity contribution in [1.82, 2.24) is 25.3 Å². The Bertz CT molecular complexity index is 610. The molecule has 1 aromatic heterocycles. The molecule has 1 unspecified atom stereocenters. The maximum absolute atomic E-state index is 4.89. The van der Waals surface area contributed by atoms with Gasteiger partial charge in [0.25, 0.3) is 0 Å². The second-order valence-electron chi connectivity index (χ2n) is 8.23. The fourth-order valence-electron chi connectivity index (χ4n) is 4.36. The van der Waals surface area contributed by atoms with E-state index >= 15 is 0 Å². The Morgan fingerprint density at radius 1 is 1.21 bits per heavy atom. The zero-order valence-electron chi connectivity index (χ0n) is 18.4. The van der Waals surface area contributed by atoms with Gasteiger partial charge < -0.3 is 20.4 Å². The number of aryl methyl sites for hydroxylation is 1. The third-order valence-electron chi connectivity index (χ3n) is 6.12. The van der Waals surface area contributed by atoms with Crippen LogP contribution in [0.4, 0.5) is 5.69 Å². The first kappa shape index (κ1) is 24.2. The van der Waals surface area contributed by atoms with E-state index < -0.39 is 0 Å². The summed E-state index contributed by atoms with van der Waals surface area (Å²) in [6, 6.07) is 0.430. The van der Waals surface area contributed by atoms with Crippen molar-refractivity contribution in [3.05, 3.63) is 12.4 Å². The predicted octanol–water partition coefficient (Wildman–Crippen LogP) is 2.68. The third-order valence-corrected chi connectivity index (χ3v) is 6.12. The van der Waals surface area contributed by atoms with Crippen LogP contribution < -0.4 is 15.5 Å². The predicted molar refractivity (Wildman–Crippen MR) is 132 cm³/mol. The smallest absolute Gasteiger partial charge is 0.191 e. The van der Waals surface area contributed by atoms with Gasteiger partial charge in [0.2, 0.25) is 0 Å². The van der Waals surface area contributed by atoms with Gasteiger partial charge >= 0.3 is 0 Å². The van der Waals surface area contributed by atoms with Crippen molar-refractivity contribution in [2.75, 3.05) is 50.7 Å². The van der Waals surface area contributed by atoms with E-state index in [1.54, 1.807) is 0 Å². The Kier molecular flexibility index (Phi) is 10.5. The summed E-state index contributed by atoms with van der Waals surface area (Å²) < 4.78 is 1.88. The first-order valence-corrected chi connectivity index (χ1v) is 11.2. The van der Waals surface area contributed by atoms with Crippen LogP contribution in [0, 0.1) is 5.92 Å². The average Bonchev–Trinajstić information content (AvgIpc) is 3.15. The average molecular weight is 518 g/mol. The summed E-state index contributed by atoms with van der Waals surface area (Å²) >= 11 is 0. The SMILES string of the molecule is CCNC(=NCCC1CCN(CC)CC1)NC1CCCN(c2cnn(C)c2)C1.I. The number of hydrogen-bond acceptors (Lipinski definition) is 4. The number of aromatic nitrogens is 2. The van der Waals surface area contributed by atoms with Crippen molar-refractivity contribution in [3.8, 4) is 0 Å². The van der Waals surface area contributed by atoms with Gasteiger partial charge in [0.15, 0.2) is 5.96 Å². The number of anilines is 1. The van der Waals surface area contributed by atoms with Crippen LogP contribution in [-0.2, 0) is 7.05 Å². The molecule has 2 aliphatic rings. The van der Waals surface area contributed by atoms with E-state index in [0.717, 1.165) is 38.1 Å². The highest BCUT2D eigenvalue weighted by Gasteiger charge is 2.22. The van der Waals surface area contributed by atoms with Crippen molar-refractivity contribution in [2.45, 2.75) is 52.0 Å². The first-order chi connectivity index (χ1) is 13.7. The van der Waals surface area contributed by atoms with E-state index in [0.29, 0.717) is 6.04 Å². The van der Waals surface area contributed by atoms with E-state index in [1.165, 1.54) is 57.4 Å². The molecule has 7 nitrogen and oxygen atoms in total. The minimum absolute atomic E-state index is 0. The molecule has 3 rings (SSSR count). The molecule has 8 heteroatoms. The Hall–Kier alpha value is -1.03. The molecule has 2 fully saturated rings. The topological polar surface area (TPSA) is 60.7 Å². The number of halogens is 1. The number of guanidine groups is 1. The number of nitrogens with zero attached hydrogens (tertiary/aromatic N) is 5. The van der Waals surface area contributed by atoms with Gasteiger partial charge in [-0.25, -0.2) is 0 Å². The molecule has 1 aromatic rings. The zero-order valence-corrected chi connectivity index (χ0v) is 20.8. The Labute approximate surface area is 193 Å². The Balaban J connectivity index is 0.00000300. The Morgan fingerprint density at radius 2 is 2.00 bits per heavy atom. The van der Waals surface area contributed by atoms with Crippen LogP contribution in [0.1, 0.15) is 46.0 Å². The molecule has 0 amide bonds. The summed E-state index contributed by atoms with van der Waals surface area (Å²) in [5.41, 5.74) is 1.22. The van der Waals surface area contributed by atoms with E-state index in [1.807, 2.05) is 17.9 Å². The lowest BCUT2D eigenvalue weighted by atomic mass is 9.94. The number of hydrogen-bond donors (Lipinski definition) is 2. The van der Waals surface area contributed by atoms with Crippen molar-refractivity contribution < 1.29 is 0 Å². The van der Waals surface area contributed by atoms with Crippen LogP contribution in [-0.4, -0.2) is 72.5 Å². The van der Waals surface area contributed by atoms with Crippen molar-refractivity contribution in [2.24, 2.45) is 18.0 Å². The molecule has 0 bridgehead atoms. The molecule has 0 aromatic carbocycles. The van der Waals surface area contributed by atoms with Gasteiger partial charge in [-0.05, 0) is 64.6 Å². The third kappa shape index (κ3) is 7.62. The molecule has 29 heavy (non-hydrogen) atoms. The lowest BCUT2D eigenvalue weighted by molar-refractivity contribution is 0.188. The standard InChI is InChI=1S/C21H39N7.HI/c1-4-22-21(23-11-8-18-9-13-27(5-2)14-10-18)25-19-7-6-12-28(16-19)20-15-24-26(3)17-20;/h15,17-19H,4-14,16H2,1-3H3,(H2,22,23,25);1H. The largest absolute Gasteiger partial charge is 0.367 e. The molecule has 1 atom stereocenters. The summed E-state index contributed by atoms with van der Waals surface area (Å²) in [5.74, 6) is 1.82. The minimum atomic E-state index is 0. The van der Waals surface area contributed by atoms with E-state index in [-0.39, 0.29) is 24.0 Å². The summed E-state index contributed by atoms with van der Waals surface area (Å²) in [6.07, 6.45) is 10.3. The molecule has 166 valence electrons. The summed E-state index contributed by atoms with van der Waals surface area (Å²) in [6.45, 7) is 12.0. The number of piperidine rings is 2. The molecule has 2 aliphatic heterocycles. The second-order valence-corrected chi connectivity index (χ2v) is 8.23. The van der Waals surface area contributed by atoms with Gasteiger partial charge in [0.1, 0.15) is 0 Å². The second kappa shape index (κ2) is 12.6. The minimum Gasteiger partial charge on any atom is -0.367 e. The lowest BCUT2D eigenvalue weighted by Crippen LogP contribution is -2.51. The summed E-state index contributed by atoms with van der Waals surface area (Å²) in [5, 5.41) is 11.4. The van der Waals surface area contributed by atoms with Crippen LogP contribution in [0.2, 0.25) is 0 Å². The fourth-order valence-corrected chi connectivity index (χ4v) is 4.36. The van der Waals surface area contributed by atoms with Gasteiger partial charge in [0, 0.05) is 45.5 Å². The van der Waals surface area contributed by atoms with Gasteiger partial charge in [-0.15, -0.1) is 24.0 Å². The molecule has 0 radical (unpaired) electrons. The maximum atomic E-state index is 4.89. The highest BCUT2D eigenvalue weighted by atomic mass is 127. The van der Waals surface area contributed by atoms with Gasteiger partial charge in [-0.1, -0.05) is 6.92 Å². The first-order valence-electron chi connectivity index (χ1n) is 11.2. The molecular formula is C21H40IN7. The highest BCUT2D eigenvalue weighted by Crippen LogP contribution is 2.21. The highest BCUT2D eigenvalue weighted by molar-refractivity contribution is 14.0. The summed E-state index contributed by atoms with van der Waals surface area (Å²) in [4.78, 5) is 9.88. The molecule has 0 spiro atoms. The molecular weight excluding hydrogens is 477 g/mol. The normalized spacial score (nSPS) is 21.7. The van der Waals surface area contributed by atoms with Crippen molar-refractivity contribution >= 4 is 35.6 Å². The number of likely N-dealkylation sites (tertiary alicyclic amines) is 1. The van der Waals surface area contributed by atoms with Gasteiger partial charge in [-0.2, -0.15) is 5.10 Å². The summed E-state index contributed by atoms with van der Waals surface area (Å²) in [7, 11) is 1.98. The van der Waals surface area contributed by atoms with Crippen LogP contribution in [0.3, 0.4) is 0 Å². The van der Waals surface area contributed by atoms with Crippen LogP contribution in [0.15, 0.2) is 17.4 Å². The van der Waals surface area contributed by atoms with E-state index in [9.17, 15) is 0 Å². The van der Waals surface area contributed by atoms with Crippen LogP contribution in [0.5, 0.6) is 0 Å². The maximum Gasteiger partial charge on any atom is 0.191 e. The van der Waals surface area contributed by atoms with E-state index in [4.69, 9.17) is 4.99 Å². The molecule has 2 saturated heterocycles. The zero-order chi connectivity index (χ0) is 19.8. The van der Waals surface area contributed by atoms with Gasteiger partial charge in [0.05, 0.1) is 11.9 Å². The van der Waals surface area contributed by atoms with Crippen molar-refractivity contribution in [3.63, 3.8) is 0 Å². The molecule has 2 N–H and O–H groups in total. The molecule has 0 aliphatic carbocycles. The van der Waals surface area contributed by atoms with Crippen molar-refractivity contribution in [1.29, 1.82) is 0 Å². The number of rotatable bonds is 7.